The van der Waals surface area contributed by atoms with Gasteiger partial charge in [-0.1, -0.05) is 53.7 Å². The van der Waals surface area contributed by atoms with Crippen LogP contribution in [0.25, 0.3) is 0 Å². The van der Waals surface area contributed by atoms with Crippen molar-refractivity contribution in [2.24, 2.45) is 0 Å². The van der Waals surface area contributed by atoms with Gasteiger partial charge in [-0.2, -0.15) is 0 Å². The highest BCUT2D eigenvalue weighted by Crippen LogP contribution is 2.31. The Kier molecular flexibility index (Phi) is 8.83. The van der Waals surface area contributed by atoms with Gasteiger partial charge in [-0.15, -0.1) is 0 Å². The average Bonchev–Trinajstić information content (AvgIpc) is 2.82. The number of hydrogen-bond donors (Lipinski definition) is 2. The molecule has 0 spiro atoms. The topological polar surface area (TPSA) is 145 Å². The number of amides is 2. The minimum Gasteiger partial charge on any atom is -0.436 e. The quantitative estimate of drug-likeness (QED) is 0.522. The lowest BCUT2D eigenvalue weighted by molar-refractivity contribution is 0.0307. The molecule has 0 atom stereocenters. The smallest absolute Gasteiger partial charge is 0.422 e. The second-order valence-electron chi connectivity index (χ2n) is 8.66. The zero-order valence-corrected chi connectivity index (χ0v) is 22.1. The lowest BCUT2D eigenvalue weighted by Crippen LogP contribution is -2.41. The molecule has 37 heavy (non-hydrogen) atoms. The molecule has 1 aliphatic rings. The Bertz CT molecular complexity index is 1400. The fourth-order valence-corrected chi connectivity index (χ4v) is 5.44. The van der Waals surface area contributed by atoms with E-state index in [4.69, 9.17) is 9.47 Å². The van der Waals surface area contributed by atoms with Crippen LogP contribution in [0.2, 0.25) is 0 Å². The van der Waals surface area contributed by atoms with Gasteiger partial charge in [0.1, 0.15) is 0 Å². The van der Waals surface area contributed by atoms with Crippen molar-refractivity contribution in [2.45, 2.75) is 61.3 Å². The normalized spacial score (nSPS) is 15.0. The molecule has 198 valence electrons. The van der Waals surface area contributed by atoms with Gasteiger partial charge in [-0.25, -0.2) is 35.9 Å². The molecule has 0 radical (unpaired) electrons. The summed E-state index contributed by atoms with van der Waals surface area (Å²) < 4.78 is 63.6. The maximum Gasteiger partial charge on any atom is 0.422 e. The molecule has 10 nitrogen and oxygen atoms in total. The number of ether oxygens (including phenoxy) is 2. The van der Waals surface area contributed by atoms with Gasteiger partial charge in [0.05, 0.1) is 9.79 Å². The van der Waals surface area contributed by atoms with E-state index in [0.717, 1.165) is 17.5 Å². The van der Waals surface area contributed by atoms with Crippen molar-refractivity contribution in [3.63, 3.8) is 0 Å². The molecule has 0 aromatic heterocycles. The summed E-state index contributed by atoms with van der Waals surface area (Å²) in [5.74, 6) is 5.36. The fraction of sp³-hybridized carbons (Fsp3) is 0.360. The van der Waals surface area contributed by atoms with Crippen molar-refractivity contribution in [3.05, 3.63) is 59.7 Å². The lowest BCUT2D eigenvalue weighted by Gasteiger charge is -2.31. The second kappa shape index (κ2) is 11.7. The van der Waals surface area contributed by atoms with E-state index in [2.05, 4.69) is 11.8 Å². The molecule has 0 saturated heterocycles. The highest BCUT2D eigenvalue weighted by Gasteiger charge is 2.35. The Morgan fingerprint density at radius 2 is 1.24 bits per heavy atom. The van der Waals surface area contributed by atoms with Gasteiger partial charge in [-0.05, 0) is 63.8 Å². The van der Waals surface area contributed by atoms with E-state index >= 15 is 0 Å². The second-order valence-corrected chi connectivity index (χ2v) is 12.0. The molecule has 1 saturated carbocycles. The first-order valence-electron chi connectivity index (χ1n) is 11.5. The predicted molar refractivity (Wildman–Crippen MR) is 134 cm³/mol. The molecule has 2 aromatic rings. The van der Waals surface area contributed by atoms with Crippen molar-refractivity contribution < 1.29 is 35.9 Å². The Morgan fingerprint density at radius 3 is 1.73 bits per heavy atom. The Labute approximate surface area is 216 Å². The van der Waals surface area contributed by atoms with Crippen LogP contribution in [-0.2, 0) is 29.5 Å². The number of nitrogens with one attached hydrogen (secondary N) is 2. The van der Waals surface area contributed by atoms with Crippen LogP contribution in [0.3, 0.4) is 0 Å². The van der Waals surface area contributed by atoms with Crippen molar-refractivity contribution in [3.8, 4) is 11.8 Å². The number of benzene rings is 2. The largest absolute Gasteiger partial charge is 0.436 e. The Morgan fingerprint density at radius 1 is 0.784 bits per heavy atom. The average molecular weight is 549 g/mol. The first-order valence-corrected chi connectivity index (χ1v) is 14.5. The number of carbonyl (C=O) groups is 2. The zero-order chi connectivity index (χ0) is 27.1. The van der Waals surface area contributed by atoms with E-state index in [1.807, 2.05) is 4.72 Å². The van der Waals surface area contributed by atoms with Gasteiger partial charge in [0, 0.05) is 0 Å². The lowest BCUT2D eigenvalue weighted by atomic mass is 9.85. The number of rotatable bonds is 6. The molecule has 2 amide bonds. The Balaban J connectivity index is 1.61. The third-order valence-electron chi connectivity index (χ3n) is 5.64. The van der Waals surface area contributed by atoms with Gasteiger partial charge in [0.2, 0.25) is 0 Å². The summed E-state index contributed by atoms with van der Waals surface area (Å²) in [6.45, 7) is 3.13. The minimum absolute atomic E-state index is 0.0844. The van der Waals surface area contributed by atoms with Crippen LogP contribution in [0.1, 0.15) is 43.2 Å². The summed E-state index contributed by atoms with van der Waals surface area (Å²) in [6, 6.07) is 11.9. The van der Waals surface area contributed by atoms with Crippen LogP contribution >= 0.6 is 0 Å². The summed E-state index contributed by atoms with van der Waals surface area (Å²) in [5, 5.41) is 0. The first-order chi connectivity index (χ1) is 17.4. The van der Waals surface area contributed by atoms with Gasteiger partial charge >= 0.3 is 12.2 Å². The summed E-state index contributed by atoms with van der Waals surface area (Å²) in [7, 11) is -8.25. The summed E-state index contributed by atoms with van der Waals surface area (Å²) in [4.78, 5) is 24.3. The van der Waals surface area contributed by atoms with E-state index in [1.165, 1.54) is 24.3 Å². The number of aryl methyl sites for hydroxylation is 2. The molecular weight excluding hydrogens is 520 g/mol. The molecule has 2 aromatic carbocycles. The zero-order valence-electron chi connectivity index (χ0n) is 20.4. The first kappa shape index (κ1) is 28.0. The third-order valence-corrected chi connectivity index (χ3v) is 8.30. The van der Waals surface area contributed by atoms with Gasteiger partial charge in [-0.3, -0.25) is 0 Å². The molecule has 0 heterocycles. The van der Waals surface area contributed by atoms with Gasteiger partial charge < -0.3 is 9.47 Å². The predicted octanol–water partition coefficient (Wildman–Crippen LogP) is 3.54. The van der Waals surface area contributed by atoms with E-state index < -0.39 is 44.4 Å². The minimum atomic E-state index is -4.14. The van der Waals surface area contributed by atoms with Gasteiger partial charge in [0.15, 0.2) is 12.2 Å². The van der Waals surface area contributed by atoms with Crippen LogP contribution in [0.5, 0.6) is 0 Å². The standard InChI is InChI=1S/C25H28N2O8S2/c1-19-7-11-21(12-8-19)36(30,31)26-23(28)34-18-6-17-25(15-4-3-5-16-25)35-24(29)27-37(32,33)22-13-9-20(2)10-14-22/h7-14H,3-5,15-16,18H2,1-2H3,(H,26,28)(H,27,29). The third kappa shape index (κ3) is 7.96. The van der Waals surface area contributed by atoms with Crippen LogP contribution in [0.4, 0.5) is 9.59 Å². The molecule has 0 unspecified atom stereocenters. The van der Waals surface area contributed by atoms with Gasteiger partial charge in [0.25, 0.3) is 20.0 Å². The van der Waals surface area contributed by atoms with Crippen molar-refractivity contribution >= 4 is 32.2 Å². The van der Waals surface area contributed by atoms with Crippen molar-refractivity contribution in [1.82, 2.24) is 9.44 Å². The molecule has 2 N–H and O–H groups in total. The number of hydrogen-bond acceptors (Lipinski definition) is 8. The molecule has 1 fully saturated rings. The molecule has 3 rings (SSSR count). The highest BCUT2D eigenvalue weighted by molar-refractivity contribution is 7.90. The molecule has 0 bridgehead atoms. The maximum atomic E-state index is 12.5. The van der Waals surface area contributed by atoms with Crippen LogP contribution in [-0.4, -0.2) is 41.2 Å². The molecule has 12 heteroatoms. The van der Waals surface area contributed by atoms with E-state index in [9.17, 15) is 26.4 Å². The van der Waals surface area contributed by atoms with E-state index in [1.54, 1.807) is 42.8 Å². The number of sulfonamides is 2. The summed E-state index contributed by atoms with van der Waals surface area (Å²) in [5.41, 5.74) is 0.456. The van der Waals surface area contributed by atoms with Crippen LogP contribution in [0.15, 0.2) is 58.3 Å². The highest BCUT2D eigenvalue weighted by atomic mass is 32.2. The monoisotopic (exact) mass is 548 g/mol. The fourth-order valence-electron chi connectivity index (χ4n) is 3.67. The molecular formula is C25H28N2O8S2. The summed E-state index contributed by atoms with van der Waals surface area (Å²) in [6.07, 6.45) is 0.644. The molecule has 0 aliphatic heterocycles. The SMILES string of the molecule is Cc1ccc(S(=O)(=O)NC(=O)OCC#CC2(OC(=O)NS(=O)(=O)c3ccc(C)cc3)CCCCC2)cc1. The summed E-state index contributed by atoms with van der Waals surface area (Å²) >= 11 is 0. The van der Waals surface area contributed by atoms with Crippen LogP contribution in [0, 0.1) is 25.7 Å². The number of carbonyl (C=O) groups excluding carboxylic acids is 2. The van der Waals surface area contributed by atoms with E-state index in [0.29, 0.717) is 25.7 Å². The van der Waals surface area contributed by atoms with Crippen molar-refractivity contribution in [2.75, 3.05) is 6.61 Å². The maximum absolute atomic E-state index is 12.5. The van der Waals surface area contributed by atoms with E-state index in [-0.39, 0.29) is 9.79 Å². The molecule has 1 aliphatic carbocycles. The van der Waals surface area contributed by atoms with Crippen LogP contribution < -0.4 is 9.44 Å². The Hall–Kier alpha value is -3.56. The van der Waals surface area contributed by atoms with Crippen molar-refractivity contribution in [1.29, 1.82) is 0 Å².